The zero-order chi connectivity index (χ0) is 11.3. The molecule has 0 spiro atoms. The standard InChI is InChI=1S/C11H14BNO2/c1-13-9-7-10(14)11(12)8(9)5-3-4-6-15-2/h8-11,14H,5-7H2,2H3. The highest BCUT2D eigenvalue weighted by Gasteiger charge is 2.42. The van der Waals surface area contributed by atoms with E-state index >= 15 is 0 Å². The minimum absolute atomic E-state index is 0.0122. The SMILES string of the molecule is [B]C1C(O)CC([N+]#[C-])C1CC#CCOC. The van der Waals surface area contributed by atoms with Gasteiger partial charge in [-0.2, -0.15) is 0 Å². The van der Waals surface area contributed by atoms with Crippen molar-refractivity contribution in [2.75, 3.05) is 13.7 Å². The molecule has 15 heavy (non-hydrogen) atoms. The van der Waals surface area contributed by atoms with E-state index in [1.165, 1.54) is 0 Å². The van der Waals surface area contributed by atoms with Crippen LogP contribution in [0.4, 0.5) is 0 Å². The molecule has 0 aliphatic heterocycles. The van der Waals surface area contributed by atoms with Crippen LogP contribution in [0.2, 0.25) is 5.82 Å². The van der Waals surface area contributed by atoms with Crippen molar-refractivity contribution < 1.29 is 9.84 Å². The molecule has 4 atom stereocenters. The highest BCUT2D eigenvalue weighted by molar-refractivity contribution is 6.12. The quantitative estimate of drug-likeness (QED) is 0.406. The second-order valence-corrected chi connectivity index (χ2v) is 3.73. The van der Waals surface area contributed by atoms with E-state index in [0.717, 1.165) is 0 Å². The fourth-order valence-electron chi connectivity index (χ4n) is 1.85. The molecular weight excluding hydrogens is 189 g/mol. The first-order valence-electron chi connectivity index (χ1n) is 4.95. The second kappa shape index (κ2) is 5.80. The van der Waals surface area contributed by atoms with Gasteiger partial charge in [0.2, 0.25) is 6.04 Å². The highest BCUT2D eigenvalue weighted by atomic mass is 16.5. The number of rotatable bonds is 2. The van der Waals surface area contributed by atoms with Gasteiger partial charge in [-0.25, -0.2) is 6.57 Å². The van der Waals surface area contributed by atoms with Crippen LogP contribution >= 0.6 is 0 Å². The second-order valence-electron chi connectivity index (χ2n) is 3.73. The molecule has 0 bridgehead atoms. The summed E-state index contributed by atoms with van der Waals surface area (Å²) in [7, 11) is 7.40. The smallest absolute Gasteiger partial charge is 0.229 e. The molecule has 0 aromatic rings. The molecule has 1 N–H and O–H groups in total. The topological polar surface area (TPSA) is 33.8 Å². The molecule has 4 heteroatoms. The summed E-state index contributed by atoms with van der Waals surface area (Å²) >= 11 is 0. The number of nitrogens with zero attached hydrogens (tertiary/aromatic N) is 1. The van der Waals surface area contributed by atoms with Crippen molar-refractivity contribution in [3.8, 4) is 11.8 Å². The van der Waals surface area contributed by atoms with Crippen LogP contribution in [0, 0.1) is 24.3 Å². The first-order valence-corrected chi connectivity index (χ1v) is 4.95. The van der Waals surface area contributed by atoms with Gasteiger partial charge >= 0.3 is 0 Å². The summed E-state index contributed by atoms with van der Waals surface area (Å²) in [5, 5.41) is 9.53. The lowest BCUT2D eigenvalue weighted by atomic mass is 9.75. The van der Waals surface area contributed by atoms with Gasteiger partial charge in [-0.05, 0) is 5.82 Å². The van der Waals surface area contributed by atoms with Crippen LogP contribution in [0.5, 0.6) is 0 Å². The molecule has 0 amide bonds. The van der Waals surface area contributed by atoms with Gasteiger partial charge in [0.05, 0.1) is 14.0 Å². The van der Waals surface area contributed by atoms with E-state index in [2.05, 4.69) is 16.7 Å². The first kappa shape index (κ1) is 12.1. The summed E-state index contributed by atoms with van der Waals surface area (Å²) in [4.78, 5) is 3.48. The Labute approximate surface area is 92.0 Å². The lowest BCUT2D eigenvalue weighted by molar-refractivity contribution is 0.178. The van der Waals surface area contributed by atoms with Gasteiger partial charge in [0.1, 0.15) is 6.61 Å². The molecule has 1 aliphatic rings. The lowest BCUT2D eigenvalue weighted by Crippen LogP contribution is -2.15. The van der Waals surface area contributed by atoms with Gasteiger partial charge in [0.25, 0.3) is 0 Å². The summed E-state index contributed by atoms with van der Waals surface area (Å²) in [6.07, 6.45) is 0.481. The number of hydrogen-bond acceptors (Lipinski definition) is 2. The minimum Gasteiger partial charge on any atom is -0.393 e. The van der Waals surface area contributed by atoms with E-state index in [0.29, 0.717) is 19.4 Å². The molecule has 0 aromatic heterocycles. The van der Waals surface area contributed by atoms with Crippen molar-refractivity contribution in [1.82, 2.24) is 0 Å². The van der Waals surface area contributed by atoms with Crippen molar-refractivity contribution >= 4 is 7.85 Å². The molecule has 1 aliphatic carbocycles. The number of hydrogen-bond donors (Lipinski definition) is 1. The molecule has 1 fully saturated rings. The summed E-state index contributed by atoms with van der Waals surface area (Å²) in [5.41, 5.74) is 0. The van der Waals surface area contributed by atoms with Crippen molar-refractivity contribution in [3.05, 3.63) is 11.4 Å². The molecule has 4 unspecified atom stereocenters. The Kier molecular flexibility index (Phi) is 4.68. The predicted octanol–water partition coefficient (Wildman–Crippen LogP) is 0.652. The van der Waals surface area contributed by atoms with Crippen LogP contribution in [0.1, 0.15) is 12.8 Å². The maximum absolute atomic E-state index is 9.53. The molecule has 0 heterocycles. The Balaban J connectivity index is 2.53. The van der Waals surface area contributed by atoms with E-state index in [4.69, 9.17) is 19.2 Å². The Morgan fingerprint density at radius 3 is 2.93 bits per heavy atom. The van der Waals surface area contributed by atoms with Crippen molar-refractivity contribution in [2.45, 2.75) is 30.8 Å². The van der Waals surface area contributed by atoms with Crippen LogP contribution in [-0.2, 0) is 4.74 Å². The van der Waals surface area contributed by atoms with E-state index < -0.39 is 6.10 Å². The van der Waals surface area contributed by atoms with E-state index in [1.54, 1.807) is 7.11 Å². The third kappa shape index (κ3) is 2.99. The average Bonchev–Trinajstić information content (AvgIpc) is 2.51. The van der Waals surface area contributed by atoms with Gasteiger partial charge in [0, 0.05) is 25.9 Å². The van der Waals surface area contributed by atoms with E-state index in [1.807, 2.05) is 0 Å². The molecule has 0 saturated heterocycles. The number of methoxy groups -OCH3 is 1. The van der Waals surface area contributed by atoms with Crippen LogP contribution in [0.25, 0.3) is 4.85 Å². The lowest BCUT2D eigenvalue weighted by Gasteiger charge is -2.13. The fraction of sp³-hybridized carbons (Fsp3) is 0.727. The van der Waals surface area contributed by atoms with E-state index in [9.17, 15) is 5.11 Å². The van der Waals surface area contributed by atoms with Crippen molar-refractivity contribution in [1.29, 1.82) is 0 Å². The summed E-state index contributed by atoms with van der Waals surface area (Å²) < 4.78 is 4.79. The Morgan fingerprint density at radius 1 is 1.60 bits per heavy atom. The average molecular weight is 203 g/mol. The summed E-state index contributed by atoms with van der Waals surface area (Å²) in [5.74, 6) is 5.43. The third-order valence-corrected chi connectivity index (χ3v) is 2.76. The predicted molar refractivity (Wildman–Crippen MR) is 58.3 cm³/mol. The van der Waals surface area contributed by atoms with Crippen molar-refractivity contribution in [2.24, 2.45) is 5.92 Å². The number of aliphatic hydroxyl groups excluding tert-OH is 1. The third-order valence-electron chi connectivity index (χ3n) is 2.76. The molecule has 2 radical (unpaired) electrons. The van der Waals surface area contributed by atoms with Gasteiger partial charge in [-0.3, -0.25) is 0 Å². The fourth-order valence-corrected chi connectivity index (χ4v) is 1.85. The van der Waals surface area contributed by atoms with Crippen molar-refractivity contribution in [3.63, 3.8) is 0 Å². The Morgan fingerprint density at radius 2 is 2.33 bits per heavy atom. The van der Waals surface area contributed by atoms with Crippen LogP contribution in [0.3, 0.4) is 0 Å². The zero-order valence-corrected chi connectivity index (χ0v) is 8.81. The minimum atomic E-state index is -0.557. The summed E-state index contributed by atoms with van der Waals surface area (Å²) in [6, 6.07) is -0.188. The maximum atomic E-state index is 9.53. The van der Waals surface area contributed by atoms with Gasteiger partial charge in [-0.1, -0.05) is 5.92 Å². The number of aliphatic hydroxyl groups is 1. The Hall–Kier alpha value is -0.965. The van der Waals surface area contributed by atoms with Crippen LogP contribution < -0.4 is 0 Å². The molecule has 3 nitrogen and oxygen atoms in total. The molecule has 1 rings (SSSR count). The molecule has 78 valence electrons. The first-order chi connectivity index (χ1) is 7.20. The monoisotopic (exact) mass is 203 g/mol. The zero-order valence-electron chi connectivity index (χ0n) is 8.81. The molecule has 0 aromatic carbocycles. The van der Waals surface area contributed by atoms with E-state index in [-0.39, 0.29) is 17.8 Å². The highest BCUT2D eigenvalue weighted by Crippen LogP contribution is 2.38. The van der Waals surface area contributed by atoms with Crippen LogP contribution in [0.15, 0.2) is 0 Å². The normalized spacial score (nSPS) is 34.2. The Bertz CT molecular complexity index is 302. The molecule has 1 saturated carbocycles. The van der Waals surface area contributed by atoms with Gasteiger partial charge in [-0.15, -0.1) is 5.92 Å². The maximum Gasteiger partial charge on any atom is 0.229 e. The van der Waals surface area contributed by atoms with Gasteiger partial charge < -0.3 is 14.7 Å². The number of ether oxygens (including phenoxy) is 1. The largest absolute Gasteiger partial charge is 0.393 e. The molecular formula is C11H14BNO2. The van der Waals surface area contributed by atoms with Gasteiger partial charge in [0.15, 0.2) is 0 Å². The van der Waals surface area contributed by atoms with Crippen LogP contribution in [-0.4, -0.2) is 38.8 Å². The summed E-state index contributed by atoms with van der Waals surface area (Å²) in [6.45, 7) is 7.41.